The first kappa shape index (κ1) is 15.1. The lowest BCUT2D eigenvalue weighted by molar-refractivity contribution is 0.415. The van der Waals surface area contributed by atoms with Gasteiger partial charge in [0.15, 0.2) is 5.76 Å². The van der Waals surface area contributed by atoms with Crippen molar-refractivity contribution in [3.05, 3.63) is 42.1 Å². The third-order valence-corrected chi connectivity index (χ3v) is 4.55. The second kappa shape index (κ2) is 5.99. The number of nitrogens with zero attached hydrogens (tertiary/aromatic N) is 1. The Morgan fingerprint density at radius 2 is 1.90 bits per heavy atom. The molecular formula is C15H20N2O2S. The van der Waals surface area contributed by atoms with E-state index < -0.39 is 11.4 Å². The van der Waals surface area contributed by atoms with Crippen LogP contribution in [-0.2, 0) is 11.4 Å². The molecule has 2 aromatic rings. The fraction of sp³-hybridized carbons (Fsp3) is 0.400. The van der Waals surface area contributed by atoms with Gasteiger partial charge in [-0.2, -0.15) is 0 Å². The summed E-state index contributed by atoms with van der Waals surface area (Å²) in [5.41, 5.74) is 1.73. The van der Waals surface area contributed by atoms with Gasteiger partial charge in [0.25, 0.3) is 0 Å². The maximum atomic E-state index is 12.1. The summed E-state index contributed by atoms with van der Waals surface area (Å²) >= 11 is -1.13. The lowest BCUT2D eigenvalue weighted by Crippen LogP contribution is -2.40. The summed E-state index contributed by atoms with van der Waals surface area (Å²) in [4.78, 5) is 0. The summed E-state index contributed by atoms with van der Waals surface area (Å²) in [6.45, 7) is 7.72. The minimum atomic E-state index is -1.13. The van der Waals surface area contributed by atoms with E-state index in [1.807, 2.05) is 64.1 Å². The van der Waals surface area contributed by atoms with Crippen molar-refractivity contribution in [2.24, 2.45) is 0 Å². The van der Waals surface area contributed by atoms with E-state index in [0.717, 1.165) is 17.0 Å². The van der Waals surface area contributed by atoms with Crippen LogP contribution in [0.4, 0.5) is 0 Å². The van der Waals surface area contributed by atoms with Crippen molar-refractivity contribution in [2.75, 3.05) is 0 Å². The topological polar surface area (TPSA) is 61.1 Å². The Morgan fingerprint density at radius 3 is 2.50 bits per heavy atom. The van der Waals surface area contributed by atoms with Gasteiger partial charge in [-0.15, -0.1) is 4.72 Å². The van der Waals surface area contributed by atoms with Gasteiger partial charge in [-0.3, -0.25) is 0 Å². The van der Waals surface area contributed by atoms with Crippen molar-refractivity contribution in [1.29, 1.82) is 0 Å². The van der Waals surface area contributed by atoms with Gasteiger partial charge in [0.05, 0.1) is 6.04 Å². The Kier molecular flexibility index (Phi) is 4.52. The van der Waals surface area contributed by atoms with Crippen LogP contribution < -0.4 is 4.72 Å². The molecular weight excluding hydrogens is 272 g/mol. The Hall–Kier alpha value is -1.30. The molecule has 0 bridgehead atoms. The molecule has 108 valence electrons. The highest BCUT2D eigenvalue weighted by molar-refractivity contribution is 7.90. The summed E-state index contributed by atoms with van der Waals surface area (Å²) in [5, 5.41) is 4.06. The minimum absolute atomic E-state index is 0.128. The van der Waals surface area contributed by atoms with Crippen molar-refractivity contribution < 1.29 is 9.08 Å². The Morgan fingerprint density at radius 1 is 1.25 bits per heavy atom. The first-order valence-corrected chi connectivity index (χ1v) is 7.73. The molecule has 0 aliphatic heterocycles. The molecule has 1 N–H and O–H groups in total. The third kappa shape index (κ3) is 3.62. The van der Waals surface area contributed by atoms with E-state index in [0.29, 0.717) is 0 Å². The summed E-state index contributed by atoms with van der Waals surface area (Å²) in [6, 6.07) is 11.5. The number of benzene rings is 1. The lowest BCUT2D eigenvalue weighted by Gasteiger charge is -2.25. The molecule has 1 aromatic heterocycles. The van der Waals surface area contributed by atoms with Crippen LogP contribution in [0.15, 0.2) is 40.9 Å². The number of nitrogens with one attached hydrogen (secondary N) is 1. The van der Waals surface area contributed by atoms with Gasteiger partial charge in [0.2, 0.25) is 0 Å². The fourth-order valence-corrected chi connectivity index (χ4v) is 2.42. The number of hydrogen-bond donors (Lipinski definition) is 1. The molecule has 2 atom stereocenters. The van der Waals surface area contributed by atoms with E-state index in [1.165, 1.54) is 0 Å². The molecule has 5 heteroatoms. The predicted molar refractivity (Wildman–Crippen MR) is 81.4 cm³/mol. The molecule has 1 unspecified atom stereocenters. The van der Waals surface area contributed by atoms with Crippen LogP contribution in [-0.4, -0.2) is 14.5 Å². The smallest absolute Gasteiger partial charge is 0.167 e. The van der Waals surface area contributed by atoms with E-state index in [9.17, 15) is 4.55 Å². The van der Waals surface area contributed by atoms with Gasteiger partial charge in [-0.25, -0.2) is 0 Å². The van der Waals surface area contributed by atoms with Crippen molar-refractivity contribution in [2.45, 2.75) is 38.5 Å². The Balaban J connectivity index is 2.09. The Labute approximate surface area is 122 Å². The molecule has 0 saturated carbocycles. The second-order valence-electron chi connectivity index (χ2n) is 5.70. The molecule has 0 fully saturated rings. The monoisotopic (exact) mass is 292 g/mol. The fourth-order valence-electron chi connectivity index (χ4n) is 1.63. The average molecular weight is 292 g/mol. The quantitative estimate of drug-likeness (QED) is 0.877. The maximum Gasteiger partial charge on any atom is 0.167 e. The summed E-state index contributed by atoms with van der Waals surface area (Å²) < 4.78 is 20.2. The van der Waals surface area contributed by atoms with E-state index >= 15 is 0 Å². The first-order chi connectivity index (χ1) is 9.38. The molecule has 0 spiro atoms. The number of hydrogen-bond acceptors (Lipinski definition) is 4. The van der Waals surface area contributed by atoms with Gasteiger partial charge in [0.1, 0.15) is 10.4 Å². The molecule has 0 aliphatic carbocycles. The van der Waals surface area contributed by atoms with E-state index in [-0.39, 0.29) is 10.8 Å². The van der Waals surface area contributed by atoms with Gasteiger partial charge in [-0.05, 0) is 27.7 Å². The third-order valence-electron chi connectivity index (χ3n) is 2.87. The molecule has 0 aliphatic rings. The molecule has 4 nitrogen and oxygen atoms in total. The van der Waals surface area contributed by atoms with Crippen LogP contribution in [0.2, 0.25) is 0 Å². The highest BCUT2D eigenvalue weighted by Gasteiger charge is 2.29. The van der Waals surface area contributed by atoms with Gasteiger partial charge < -0.3 is 9.08 Å². The van der Waals surface area contributed by atoms with Crippen LogP contribution in [0.25, 0.3) is 11.3 Å². The molecule has 1 aromatic carbocycles. The standard InChI is InChI=1S/C15H20N2O2S/c1-11(17-20(18)15(2,3)4)13-10-14(19-16-13)12-8-6-5-7-9-12/h5-11,17H,1-4H3/t11-,20?/m0/s1. The van der Waals surface area contributed by atoms with Crippen molar-refractivity contribution in [3.8, 4) is 11.3 Å². The molecule has 20 heavy (non-hydrogen) atoms. The number of rotatable bonds is 4. The number of aromatic nitrogens is 1. The normalized spacial score (nSPS) is 15.1. The minimum Gasteiger partial charge on any atom is -0.598 e. The van der Waals surface area contributed by atoms with E-state index in [2.05, 4.69) is 9.88 Å². The molecule has 2 rings (SSSR count). The average Bonchev–Trinajstić information content (AvgIpc) is 2.88. The van der Waals surface area contributed by atoms with Gasteiger partial charge in [0, 0.05) is 23.0 Å². The largest absolute Gasteiger partial charge is 0.598 e. The molecule has 0 amide bonds. The molecule has 0 saturated heterocycles. The first-order valence-electron chi connectivity index (χ1n) is 6.58. The van der Waals surface area contributed by atoms with Crippen molar-refractivity contribution in [3.63, 3.8) is 0 Å². The highest BCUT2D eigenvalue weighted by Crippen LogP contribution is 2.24. The highest BCUT2D eigenvalue weighted by atomic mass is 32.2. The van der Waals surface area contributed by atoms with Crippen molar-refractivity contribution >= 4 is 11.4 Å². The van der Waals surface area contributed by atoms with Crippen LogP contribution in [0.3, 0.4) is 0 Å². The van der Waals surface area contributed by atoms with Crippen LogP contribution in [0, 0.1) is 0 Å². The lowest BCUT2D eigenvalue weighted by atomic mass is 10.1. The van der Waals surface area contributed by atoms with Crippen LogP contribution >= 0.6 is 0 Å². The van der Waals surface area contributed by atoms with Crippen LogP contribution in [0.1, 0.15) is 39.4 Å². The zero-order chi connectivity index (χ0) is 14.8. The van der Waals surface area contributed by atoms with E-state index in [4.69, 9.17) is 4.52 Å². The van der Waals surface area contributed by atoms with E-state index in [1.54, 1.807) is 0 Å². The van der Waals surface area contributed by atoms with Gasteiger partial charge >= 0.3 is 0 Å². The molecule has 0 radical (unpaired) electrons. The SMILES string of the molecule is C[C@H](N[S+]([O-])C(C)(C)C)c1cc(-c2ccccc2)on1. The van der Waals surface area contributed by atoms with Crippen LogP contribution in [0.5, 0.6) is 0 Å². The zero-order valence-corrected chi connectivity index (χ0v) is 13.0. The summed E-state index contributed by atoms with van der Waals surface area (Å²) in [6.07, 6.45) is 0. The molecule has 1 heterocycles. The summed E-state index contributed by atoms with van der Waals surface area (Å²) in [5.74, 6) is 0.718. The van der Waals surface area contributed by atoms with Crippen molar-refractivity contribution in [1.82, 2.24) is 9.88 Å². The summed E-state index contributed by atoms with van der Waals surface area (Å²) in [7, 11) is 0. The zero-order valence-electron chi connectivity index (χ0n) is 12.2. The van der Waals surface area contributed by atoms with Gasteiger partial charge in [-0.1, -0.05) is 35.5 Å². The maximum absolute atomic E-state index is 12.1. The Bertz CT molecular complexity index is 549. The predicted octanol–water partition coefficient (Wildman–Crippen LogP) is 3.45. The second-order valence-corrected chi connectivity index (χ2v) is 7.70.